The molecule has 0 saturated heterocycles. The van der Waals surface area contributed by atoms with Crippen LogP contribution in [-0.4, -0.2) is 12.5 Å². The standard InChI is InChI=1S/C16H15ClN2OS/c17-13-4-1-3-12(9-13)10-16(20)19-11-15-7-6-14(21-15)5-2-8-18/h1,3-4,6-7,9H,8,10-11,18H2,(H,19,20). The van der Waals surface area contributed by atoms with Crippen molar-refractivity contribution in [3.8, 4) is 11.8 Å². The van der Waals surface area contributed by atoms with Gasteiger partial charge in [-0.25, -0.2) is 0 Å². The summed E-state index contributed by atoms with van der Waals surface area (Å²) in [7, 11) is 0. The van der Waals surface area contributed by atoms with Gasteiger partial charge in [0.05, 0.1) is 24.4 Å². The highest BCUT2D eigenvalue weighted by Gasteiger charge is 2.05. The number of nitrogens with one attached hydrogen (secondary N) is 1. The Morgan fingerprint density at radius 1 is 1.33 bits per heavy atom. The third-order valence-electron chi connectivity index (χ3n) is 2.69. The Morgan fingerprint density at radius 2 is 2.19 bits per heavy atom. The molecule has 3 N–H and O–H groups in total. The zero-order valence-corrected chi connectivity index (χ0v) is 12.9. The van der Waals surface area contributed by atoms with Gasteiger partial charge in [0.1, 0.15) is 0 Å². The van der Waals surface area contributed by atoms with Gasteiger partial charge in [-0.15, -0.1) is 11.3 Å². The van der Waals surface area contributed by atoms with Crippen molar-refractivity contribution >= 4 is 28.8 Å². The minimum absolute atomic E-state index is 0.0275. The zero-order chi connectivity index (χ0) is 15.1. The highest BCUT2D eigenvalue weighted by atomic mass is 35.5. The van der Waals surface area contributed by atoms with Crippen LogP contribution in [0.25, 0.3) is 0 Å². The molecular formula is C16H15ClN2OS. The van der Waals surface area contributed by atoms with Gasteiger partial charge in [-0.2, -0.15) is 0 Å². The van der Waals surface area contributed by atoms with Crippen LogP contribution in [0.3, 0.4) is 0 Å². The topological polar surface area (TPSA) is 55.1 Å². The Morgan fingerprint density at radius 3 is 2.95 bits per heavy atom. The minimum Gasteiger partial charge on any atom is -0.351 e. The first kappa shape index (κ1) is 15.6. The molecule has 3 nitrogen and oxygen atoms in total. The number of nitrogens with two attached hydrogens (primary N) is 1. The highest BCUT2D eigenvalue weighted by Crippen LogP contribution is 2.15. The molecule has 0 spiro atoms. The average Bonchev–Trinajstić information content (AvgIpc) is 2.91. The summed E-state index contributed by atoms with van der Waals surface area (Å²) in [5.41, 5.74) is 6.23. The number of benzene rings is 1. The fraction of sp³-hybridized carbons (Fsp3) is 0.188. The Kier molecular flexibility index (Phi) is 5.82. The van der Waals surface area contributed by atoms with Crippen molar-refractivity contribution in [2.45, 2.75) is 13.0 Å². The first-order chi connectivity index (χ1) is 10.2. The van der Waals surface area contributed by atoms with Crippen molar-refractivity contribution < 1.29 is 4.79 Å². The molecule has 1 aromatic carbocycles. The molecule has 21 heavy (non-hydrogen) atoms. The van der Waals surface area contributed by atoms with Crippen LogP contribution in [0.4, 0.5) is 0 Å². The van der Waals surface area contributed by atoms with Gasteiger partial charge >= 0.3 is 0 Å². The number of carbonyl (C=O) groups is 1. The lowest BCUT2D eigenvalue weighted by Gasteiger charge is -2.04. The van der Waals surface area contributed by atoms with Gasteiger partial charge in [-0.05, 0) is 29.8 Å². The molecule has 0 atom stereocenters. The predicted molar refractivity (Wildman–Crippen MR) is 87.3 cm³/mol. The largest absolute Gasteiger partial charge is 0.351 e. The second-order valence-electron chi connectivity index (χ2n) is 4.36. The summed E-state index contributed by atoms with van der Waals surface area (Å²) in [4.78, 5) is 13.9. The second-order valence-corrected chi connectivity index (χ2v) is 5.96. The van der Waals surface area contributed by atoms with Crippen LogP contribution in [0.5, 0.6) is 0 Å². The molecule has 0 aliphatic heterocycles. The molecule has 1 amide bonds. The Bertz CT molecular complexity index is 685. The average molecular weight is 319 g/mol. The van der Waals surface area contributed by atoms with E-state index in [0.717, 1.165) is 15.3 Å². The number of hydrogen-bond donors (Lipinski definition) is 2. The van der Waals surface area contributed by atoms with E-state index in [-0.39, 0.29) is 5.91 Å². The van der Waals surface area contributed by atoms with Gasteiger partial charge in [0.15, 0.2) is 0 Å². The maximum absolute atomic E-state index is 11.9. The van der Waals surface area contributed by atoms with Crippen molar-refractivity contribution in [3.05, 3.63) is 56.7 Å². The Labute approximate surface area is 133 Å². The lowest BCUT2D eigenvalue weighted by atomic mass is 10.1. The SMILES string of the molecule is NCC#Cc1ccc(CNC(=O)Cc2cccc(Cl)c2)s1. The molecule has 0 aliphatic rings. The van der Waals surface area contributed by atoms with Gasteiger partial charge in [0, 0.05) is 9.90 Å². The summed E-state index contributed by atoms with van der Waals surface area (Å²) in [5.74, 6) is 5.76. The molecule has 2 aromatic rings. The van der Waals surface area contributed by atoms with E-state index in [4.69, 9.17) is 17.3 Å². The summed E-state index contributed by atoms with van der Waals surface area (Å²) in [6.45, 7) is 0.859. The number of thiophene rings is 1. The molecular weight excluding hydrogens is 304 g/mol. The summed E-state index contributed by atoms with van der Waals surface area (Å²) in [6.07, 6.45) is 0.325. The van der Waals surface area contributed by atoms with E-state index in [9.17, 15) is 4.79 Å². The Balaban J connectivity index is 1.85. The van der Waals surface area contributed by atoms with Gasteiger partial charge < -0.3 is 11.1 Å². The molecule has 108 valence electrons. The van der Waals surface area contributed by atoms with Crippen molar-refractivity contribution in [2.24, 2.45) is 5.73 Å². The fourth-order valence-electron chi connectivity index (χ4n) is 1.76. The first-order valence-corrected chi connectivity index (χ1v) is 7.65. The van der Waals surface area contributed by atoms with Gasteiger partial charge in [-0.1, -0.05) is 35.6 Å². The number of hydrogen-bond acceptors (Lipinski definition) is 3. The van der Waals surface area contributed by atoms with Crippen molar-refractivity contribution in [1.82, 2.24) is 5.32 Å². The summed E-state index contributed by atoms with van der Waals surface area (Å²) >= 11 is 7.45. The lowest BCUT2D eigenvalue weighted by Crippen LogP contribution is -2.24. The van der Waals surface area contributed by atoms with E-state index in [2.05, 4.69) is 17.2 Å². The summed E-state index contributed by atoms with van der Waals surface area (Å²) < 4.78 is 0. The molecule has 2 rings (SSSR count). The van der Waals surface area contributed by atoms with Crippen molar-refractivity contribution in [2.75, 3.05) is 6.54 Å². The quantitative estimate of drug-likeness (QED) is 0.851. The smallest absolute Gasteiger partial charge is 0.224 e. The fourth-order valence-corrected chi connectivity index (χ4v) is 2.79. The van der Waals surface area contributed by atoms with Gasteiger partial charge in [0.2, 0.25) is 5.91 Å². The van der Waals surface area contributed by atoms with Gasteiger partial charge in [-0.3, -0.25) is 4.79 Å². The van der Waals surface area contributed by atoms with Crippen LogP contribution in [0, 0.1) is 11.8 Å². The third-order valence-corrected chi connectivity index (χ3v) is 3.92. The maximum atomic E-state index is 11.9. The first-order valence-electron chi connectivity index (χ1n) is 6.46. The molecule has 0 fully saturated rings. The van der Waals surface area contributed by atoms with Crippen molar-refractivity contribution in [1.29, 1.82) is 0 Å². The van der Waals surface area contributed by atoms with Crippen molar-refractivity contribution in [3.63, 3.8) is 0 Å². The Hall–Kier alpha value is -1.80. The maximum Gasteiger partial charge on any atom is 0.224 e. The lowest BCUT2D eigenvalue weighted by molar-refractivity contribution is -0.120. The molecule has 0 saturated carbocycles. The zero-order valence-electron chi connectivity index (χ0n) is 11.4. The molecule has 1 aromatic heterocycles. The van der Waals surface area contributed by atoms with E-state index >= 15 is 0 Å². The van der Waals surface area contributed by atoms with Crippen LogP contribution >= 0.6 is 22.9 Å². The molecule has 0 unspecified atom stereocenters. The summed E-state index contributed by atoms with van der Waals surface area (Å²) in [5, 5.41) is 3.53. The second kappa shape index (κ2) is 7.84. The van der Waals surface area contributed by atoms with E-state index < -0.39 is 0 Å². The molecule has 0 aliphatic carbocycles. The number of halogens is 1. The number of carbonyl (C=O) groups excluding carboxylic acids is 1. The van der Waals surface area contributed by atoms with E-state index in [1.807, 2.05) is 24.3 Å². The molecule has 0 radical (unpaired) electrons. The number of amides is 1. The van der Waals surface area contributed by atoms with Crippen LogP contribution in [0.15, 0.2) is 36.4 Å². The van der Waals surface area contributed by atoms with E-state index in [0.29, 0.717) is 24.5 Å². The number of rotatable bonds is 4. The predicted octanol–water partition coefficient (Wildman–Crippen LogP) is 2.57. The monoisotopic (exact) mass is 318 g/mol. The highest BCUT2D eigenvalue weighted by molar-refractivity contribution is 7.12. The van der Waals surface area contributed by atoms with E-state index in [1.165, 1.54) is 0 Å². The van der Waals surface area contributed by atoms with Crippen LogP contribution in [0.1, 0.15) is 15.3 Å². The van der Waals surface area contributed by atoms with Crippen LogP contribution in [0.2, 0.25) is 5.02 Å². The molecule has 0 bridgehead atoms. The van der Waals surface area contributed by atoms with Gasteiger partial charge in [0.25, 0.3) is 0 Å². The van der Waals surface area contributed by atoms with Crippen LogP contribution in [-0.2, 0) is 17.8 Å². The van der Waals surface area contributed by atoms with E-state index in [1.54, 1.807) is 23.5 Å². The van der Waals surface area contributed by atoms with Crippen LogP contribution < -0.4 is 11.1 Å². The molecule has 1 heterocycles. The molecule has 5 heteroatoms. The summed E-state index contributed by atoms with van der Waals surface area (Å²) in [6, 6.07) is 11.2. The normalized spacial score (nSPS) is 9.81. The third kappa shape index (κ3) is 5.24. The minimum atomic E-state index is -0.0275.